The lowest BCUT2D eigenvalue weighted by atomic mass is 10.3. The molecule has 1 saturated heterocycles. The number of hydrogen-bond acceptors (Lipinski definition) is 6. The van der Waals surface area contributed by atoms with Gasteiger partial charge in [0.2, 0.25) is 0 Å². The van der Waals surface area contributed by atoms with Crippen LogP contribution in [0.5, 0.6) is 11.5 Å². The number of morpholine rings is 1. The first-order valence-electron chi connectivity index (χ1n) is 5.98. The Bertz CT molecular complexity index is 579. The van der Waals surface area contributed by atoms with Gasteiger partial charge in [0.15, 0.2) is 0 Å². The molecule has 0 saturated carbocycles. The minimum atomic E-state index is -3.61. The fraction of sp³-hybridized carbons (Fsp3) is 0.417. The summed E-state index contributed by atoms with van der Waals surface area (Å²) in [4.78, 5) is 13.4. The molecular weight excluding hydrogens is 286 g/mol. The zero-order valence-electron chi connectivity index (χ0n) is 10.9. The summed E-state index contributed by atoms with van der Waals surface area (Å²) < 4.78 is 37.1. The molecule has 0 unspecified atom stereocenters. The number of carbonyl (C=O) groups is 1. The third kappa shape index (κ3) is 4.39. The molecule has 1 aromatic rings. The van der Waals surface area contributed by atoms with E-state index in [1.54, 1.807) is 12.1 Å². The van der Waals surface area contributed by atoms with Crippen molar-refractivity contribution < 1.29 is 26.9 Å². The lowest BCUT2D eigenvalue weighted by Gasteiger charge is -2.25. The zero-order valence-corrected chi connectivity index (χ0v) is 11.8. The summed E-state index contributed by atoms with van der Waals surface area (Å²) in [6.45, 7) is 1.90. The van der Waals surface area contributed by atoms with Crippen LogP contribution in [-0.4, -0.2) is 52.0 Å². The molecule has 110 valence electrons. The first-order chi connectivity index (χ1) is 9.44. The third-order valence-electron chi connectivity index (χ3n) is 2.53. The van der Waals surface area contributed by atoms with Crippen molar-refractivity contribution in [2.75, 3.05) is 32.6 Å². The SMILES string of the molecule is CS(=O)(=O)Oc1cccc(OC(=O)N2CCOCC2)c1. The predicted octanol–water partition coefficient (Wildman–Crippen LogP) is 0.856. The van der Waals surface area contributed by atoms with Gasteiger partial charge in [-0.15, -0.1) is 0 Å². The summed E-state index contributed by atoms with van der Waals surface area (Å²) in [5.74, 6) is 0.322. The monoisotopic (exact) mass is 301 g/mol. The van der Waals surface area contributed by atoms with Crippen molar-refractivity contribution in [3.63, 3.8) is 0 Å². The second-order valence-electron chi connectivity index (χ2n) is 4.23. The molecule has 0 spiro atoms. The van der Waals surface area contributed by atoms with Crippen LogP contribution in [0.25, 0.3) is 0 Å². The fourth-order valence-corrected chi connectivity index (χ4v) is 2.13. The molecule has 1 aromatic carbocycles. The van der Waals surface area contributed by atoms with Crippen LogP contribution in [0.4, 0.5) is 4.79 Å². The first-order valence-corrected chi connectivity index (χ1v) is 7.80. The lowest BCUT2D eigenvalue weighted by molar-refractivity contribution is 0.0416. The summed E-state index contributed by atoms with van der Waals surface area (Å²) >= 11 is 0. The highest BCUT2D eigenvalue weighted by atomic mass is 32.2. The summed E-state index contributed by atoms with van der Waals surface area (Å²) in [7, 11) is -3.61. The molecule has 1 amide bonds. The van der Waals surface area contributed by atoms with Crippen LogP contribution in [0.1, 0.15) is 0 Å². The van der Waals surface area contributed by atoms with Gasteiger partial charge in [-0.05, 0) is 12.1 Å². The van der Waals surface area contributed by atoms with Gasteiger partial charge in [0, 0.05) is 19.2 Å². The van der Waals surface area contributed by atoms with Gasteiger partial charge < -0.3 is 18.6 Å². The number of nitrogens with zero attached hydrogens (tertiary/aromatic N) is 1. The summed E-state index contributed by atoms with van der Waals surface area (Å²) in [6, 6.07) is 5.91. The van der Waals surface area contributed by atoms with Crippen LogP contribution in [0.3, 0.4) is 0 Å². The molecule has 1 aliphatic heterocycles. The van der Waals surface area contributed by atoms with E-state index in [-0.39, 0.29) is 11.5 Å². The molecular formula is C12H15NO6S. The molecule has 0 atom stereocenters. The van der Waals surface area contributed by atoms with E-state index in [1.807, 2.05) is 0 Å². The molecule has 1 heterocycles. The average molecular weight is 301 g/mol. The number of hydrogen-bond donors (Lipinski definition) is 0. The Morgan fingerprint density at radius 2 is 1.90 bits per heavy atom. The highest BCUT2D eigenvalue weighted by Crippen LogP contribution is 2.21. The van der Waals surface area contributed by atoms with Gasteiger partial charge in [-0.1, -0.05) is 6.07 Å². The van der Waals surface area contributed by atoms with E-state index in [1.165, 1.54) is 17.0 Å². The van der Waals surface area contributed by atoms with Crippen molar-refractivity contribution in [3.05, 3.63) is 24.3 Å². The minimum absolute atomic E-state index is 0.0970. The number of ether oxygens (including phenoxy) is 2. The Balaban J connectivity index is 2.02. The smallest absolute Gasteiger partial charge is 0.410 e. The summed E-state index contributed by atoms with van der Waals surface area (Å²) in [5.41, 5.74) is 0. The van der Waals surface area contributed by atoms with Crippen molar-refractivity contribution in [1.82, 2.24) is 4.90 Å². The Morgan fingerprint density at radius 3 is 2.55 bits per heavy atom. The first kappa shape index (κ1) is 14.6. The van der Waals surface area contributed by atoms with Crippen molar-refractivity contribution in [2.45, 2.75) is 0 Å². The molecule has 7 nitrogen and oxygen atoms in total. The van der Waals surface area contributed by atoms with Gasteiger partial charge in [0.25, 0.3) is 0 Å². The molecule has 0 aromatic heterocycles. The van der Waals surface area contributed by atoms with Gasteiger partial charge in [-0.3, -0.25) is 0 Å². The van der Waals surface area contributed by atoms with Crippen LogP contribution in [0.15, 0.2) is 24.3 Å². The number of benzene rings is 1. The second-order valence-corrected chi connectivity index (χ2v) is 5.80. The van der Waals surface area contributed by atoms with Crippen molar-refractivity contribution in [1.29, 1.82) is 0 Å². The largest absolute Gasteiger partial charge is 0.415 e. The maximum atomic E-state index is 11.9. The summed E-state index contributed by atoms with van der Waals surface area (Å²) in [5, 5.41) is 0. The molecule has 20 heavy (non-hydrogen) atoms. The number of carbonyl (C=O) groups excluding carboxylic acids is 1. The predicted molar refractivity (Wildman–Crippen MR) is 70.3 cm³/mol. The van der Waals surface area contributed by atoms with Crippen LogP contribution >= 0.6 is 0 Å². The normalized spacial score (nSPS) is 15.8. The number of rotatable bonds is 3. The van der Waals surface area contributed by atoms with Crippen molar-refractivity contribution in [2.24, 2.45) is 0 Å². The van der Waals surface area contributed by atoms with Gasteiger partial charge in [0.05, 0.1) is 19.5 Å². The van der Waals surface area contributed by atoms with E-state index in [0.717, 1.165) is 6.26 Å². The minimum Gasteiger partial charge on any atom is -0.410 e. The van der Waals surface area contributed by atoms with Crippen LogP contribution in [-0.2, 0) is 14.9 Å². The fourth-order valence-electron chi connectivity index (χ4n) is 1.68. The van der Waals surface area contributed by atoms with E-state index < -0.39 is 16.2 Å². The highest BCUT2D eigenvalue weighted by Gasteiger charge is 2.19. The molecule has 8 heteroatoms. The molecule has 0 radical (unpaired) electrons. The van der Waals surface area contributed by atoms with Gasteiger partial charge in [-0.25, -0.2) is 4.79 Å². The Hall–Kier alpha value is -1.80. The van der Waals surface area contributed by atoms with Gasteiger partial charge in [0.1, 0.15) is 11.5 Å². The quantitative estimate of drug-likeness (QED) is 0.770. The van der Waals surface area contributed by atoms with Crippen LogP contribution in [0.2, 0.25) is 0 Å². The lowest BCUT2D eigenvalue weighted by Crippen LogP contribution is -2.42. The van der Waals surface area contributed by atoms with Crippen molar-refractivity contribution >= 4 is 16.2 Å². The molecule has 0 aliphatic carbocycles. The van der Waals surface area contributed by atoms with E-state index in [0.29, 0.717) is 26.3 Å². The van der Waals surface area contributed by atoms with Gasteiger partial charge >= 0.3 is 16.2 Å². The average Bonchev–Trinajstić information content (AvgIpc) is 2.38. The van der Waals surface area contributed by atoms with Crippen LogP contribution in [0, 0.1) is 0 Å². The zero-order chi connectivity index (χ0) is 14.6. The van der Waals surface area contributed by atoms with E-state index in [9.17, 15) is 13.2 Å². The third-order valence-corrected chi connectivity index (χ3v) is 3.02. The van der Waals surface area contributed by atoms with E-state index >= 15 is 0 Å². The summed E-state index contributed by atoms with van der Waals surface area (Å²) in [6.07, 6.45) is 0.448. The maximum Gasteiger partial charge on any atom is 0.415 e. The molecule has 1 aliphatic rings. The molecule has 0 bridgehead atoms. The standard InChI is InChI=1S/C12H15NO6S/c1-20(15,16)19-11-4-2-3-10(9-11)18-12(14)13-5-7-17-8-6-13/h2-4,9H,5-8H2,1H3. The van der Waals surface area contributed by atoms with Crippen LogP contribution < -0.4 is 8.92 Å². The topological polar surface area (TPSA) is 82.1 Å². The maximum absolute atomic E-state index is 11.9. The highest BCUT2D eigenvalue weighted by molar-refractivity contribution is 7.86. The Kier molecular flexibility index (Phi) is 4.46. The van der Waals surface area contributed by atoms with E-state index in [4.69, 9.17) is 13.7 Å². The molecule has 1 fully saturated rings. The van der Waals surface area contributed by atoms with Crippen molar-refractivity contribution in [3.8, 4) is 11.5 Å². The molecule has 0 N–H and O–H groups in total. The van der Waals surface area contributed by atoms with E-state index in [2.05, 4.69) is 0 Å². The second kappa shape index (κ2) is 6.10. The Morgan fingerprint density at radius 1 is 1.25 bits per heavy atom. The van der Waals surface area contributed by atoms with Gasteiger partial charge in [-0.2, -0.15) is 8.42 Å². The number of amides is 1. The Labute approximate surface area is 117 Å². The molecule has 2 rings (SSSR count).